The highest BCUT2D eigenvalue weighted by Crippen LogP contribution is 2.34. The predicted octanol–water partition coefficient (Wildman–Crippen LogP) is 4.62. The van der Waals surface area contributed by atoms with Gasteiger partial charge in [-0.15, -0.1) is 0 Å². The summed E-state index contributed by atoms with van der Waals surface area (Å²) in [6.45, 7) is 3.81. The molecule has 2 aliphatic heterocycles. The van der Waals surface area contributed by atoms with Crippen LogP contribution in [0.3, 0.4) is 0 Å². The quantitative estimate of drug-likeness (QED) is 0.588. The maximum atomic E-state index is 12.9. The number of aryl methyl sites for hydroxylation is 1. The fourth-order valence-corrected chi connectivity index (χ4v) is 4.78. The summed E-state index contributed by atoms with van der Waals surface area (Å²) in [5, 5.41) is 0.632. The summed E-state index contributed by atoms with van der Waals surface area (Å²) in [4.78, 5) is 37.9. The van der Waals surface area contributed by atoms with Crippen LogP contribution in [0.4, 0.5) is 5.69 Å². The third kappa shape index (κ3) is 3.75. The average molecular weight is 447 g/mol. The minimum Gasteiger partial charge on any atom is -0.339 e. The Bertz CT molecular complexity index is 1200. The highest BCUT2D eigenvalue weighted by atomic mass is 35.5. The zero-order valence-corrected chi connectivity index (χ0v) is 18.5. The van der Waals surface area contributed by atoms with Crippen LogP contribution in [0, 0.1) is 6.92 Å². The first-order valence-corrected chi connectivity index (χ1v) is 11.1. The van der Waals surface area contributed by atoms with Crippen LogP contribution in [0.1, 0.15) is 56.2 Å². The lowest BCUT2D eigenvalue weighted by Gasteiger charge is -2.32. The molecule has 1 aromatic carbocycles. The number of anilines is 1. The molecule has 32 heavy (non-hydrogen) atoms. The smallest absolute Gasteiger partial charge is 0.258 e. The summed E-state index contributed by atoms with van der Waals surface area (Å²) < 4.78 is 0. The number of likely N-dealkylation sites (tertiary alicyclic amines) is 1. The molecule has 2 amide bonds. The lowest BCUT2D eigenvalue weighted by Crippen LogP contribution is -2.38. The summed E-state index contributed by atoms with van der Waals surface area (Å²) in [6.07, 6.45) is 8.69. The van der Waals surface area contributed by atoms with Crippen molar-refractivity contribution < 1.29 is 9.59 Å². The van der Waals surface area contributed by atoms with Gasteiger partial charge in [0.05, 0.1) is 24.0 Å². The molecule has 162 valence electrons. The molecule has 0 bridgehead atoms. The third-order valence-corrected chi connectivity index (χ3v) is 6.69. The molecule has 2 aliphatic rings. The Kier molecular flexibility index (Phi) is 5.39. The van der Waals surface area contributed by atoms with E-state index >= 15 is 0 Å². The Morgan fingerprint density at radius 3 is 2.66 bits per heavy atom. The van der Waals surface area contributed by atoms with Gasteiger partial charge in [-0.1, -0.05) is 11.6 Å². The number of piperidine rings is 1. The number of rotatable bonds is 3. The first-order chi connectivity index (χ1) is 15.5. The minimum absolute atomic E-state index is 0.0251. The number of hydrogen-bond donors (Lipinski definition) is 0. The van der Waals surface area contributed by atoms with Crippen molar-refractivity contribution in [3.05, 3.63) is 88.0 Å². The van der Waals surface area contributed by atoms with Gasteiger partial charge >= 0.3 is 0 Å². The molecule has 0 radical (unpaired) electrons. The summed E-state index contributed by atoms with van der Waals surface area (Å²) in [5.74, 6) is 0.318. The summed E-state index contributed by atoms with van der Waals surface area (Å²) >= 11 is 6.10. The Labute approximate surface area is 191 Å². The number of benzene rings is 1. The number of aromatic nitrogens is 2. The van der Waals surface area contributed by atoms with Crippen LogP contribution in [0.5, 0.6) is 0 Å². The van der Waals surface area contributed by atoms with E-state index in [0.717, 1.165) is 35.2 Å². The van der Waals surface area contributed by atoms with Gasteiger partial charge in [-0.05, 0) is 72.7 Å². The zero-order valence-electron chi connectivity index (χ0n) is 17.8. The van der Waals surface area contributed by atoms with Crippen molar-refractivity contribution in [1.29, 1.82) is 0 Å². The van der Waals surface area contributed by atoms with E-state index in [1.54, 1.807) is 35.6 Å². The Hall–Kier alpha value is -3.25. The molecule has 5 rings (SSSR count). The second-order valence-corrected chi connectivity index (χ2v) is 8.86. The molecule has 1 saturated heterocycles. The number of carbonyl (C=O) groups is 2. The van der Waals surface area contributed by atoms with Gasteiger partial charge in [0, 0.05) is 42.3 Å². The molecule has 1 fully saturated rings. The molecule has 3 aromatic rings. The van der Waals surface area contributed by atoms with E-state index in [4.69, 9.17) is 11.6 Å². The number of fused-ring (bicyclic) bond motifs is 1. The van der Waals surface area contributed by atoms with Crippen molar-refractivity contribution >= 4 is 29.1 Å². The largest absolute Gasteiger partial charge is 0.339 e. The second-order valence-electron chi connectivity index (χ2n) is 8.43. The van der Waals surface area contributed by atoms with Gasteiger partial charge in [0.1, 0.15) is 0 Å². The monoisotopic (exact) mass is 446 g/mol. The van der Waals surface area contributed by atoms with Gasteiger partial charge in [-0.3, -0.25) is 19.6 Å². The third-order valence-electron chi connectivity index (χ3n) is 6.45. The topological polar surface area (TPSA) is 66.4 Å². The van der Waals surface area contributed by atoms with Crippen molar-refractivity contribution in [2.45, 2.75) is 32.2 Å². The molecule has 0 unspecified atom stereocenters. The highest BCUT2D eigenvalue weighted by molar-refractivity contribution is 6.31. The second kappa shape index (κ2) is 8.36. The van der Waals surface area contributed by atoms with Crippen LogP contribution in [0.15, 0.2) is 55.1 Å². The summed E-state index contributed by atoms with van der Waals surface area (Å²) in [7, 11) is 0. The minimum atomic E-state index is -0.0251. The van der Waals surface area contributed by atoms with E-state index in [-0.39, 0.29) is 11.8 Å². The zero-order chi connectivity index (χ0) is 22.2. The van der Waals surface area contributed by atoms with E-state index in [9.17, 15) is 9.59 Å². The van der Waals surface area contributed by atoms with Gasteiger partial charge in [0.25, 0.3) is 11.8 Å². The van der Waals surface area contributed by atoms with Gasteiger partial charge in [-0.2, -0.15) is 0 Å². The summed E-state index contributed by atoms with van der Waals surface area (Å²) in [6, 6.07) is 9.31. The van der Waals surface area contributed by atoms with Gasteiger partial charge < -0.3 is 9.80 Å². The lowest BCUT2D eigenvalue weighted by atomic mass is 9.90. The van der Waals surface area contributed by atoms with Crippen LogP contribution < -0.4 is 4.90 Å². The number of pyridine rings is 2. The molecule has 0 saturated carbocycles. The molecule has 0 atom stereocenters. The molecule has 0 aliphatic carbocycles. The maximum Gasteiger partial charge on any atom is 0.258 e. The van der Waals surface area contributed by atoms with Crippen molar-refractivity contribution in [3.63, 3.8) is 0 Å². The number of halogens is 1. The van der Waals surface area contributed by atoms with Crippen LogP contribution >= 0.6 is 11.6 Å². The maximum absolute atomic E-state index is 12.9. The molecule has 4 heterocycles. The lowest BCUT2D eigenvalue weighted by molar-refractivity contribution is 0.0711. The van der Waals surface area contributed by atoms with Crippen molar-refractivity contribution in [1.82, 2.24) is 14.9 Å². The number of carbonyl (C=O) groups excluding carboxylic acids is 2. The van der Waals surface area contributed by atoms with E-state index in [1.807, 2.05) is 30.2 Å². The van der Waals surface area contributed by atoms with Crippen LogP contribution in [-0.2, 0) is 6.54 Å². The van der Waals surface area contributed by atoms with Crippen LogP contribution in [-0.4, -0.2) is 39.8 Å². The predicted molar refractivity (Wildman–Crippen MR) is 123 cm³/mol. The molecular formula is C25H23ClN4O2. The first-order valence-electron chi connectivity index (χ1n) is 10.8. The fraction of sp³-hybridized carbons (Fsp3) is 0.280. The van der Waals surface area contributed by atoms with Gasteiger partial charge in [0.2, 0.25) is 0 Å². The Balaban J connectivity index is 1.29. The SMILES string of the molecule is Cc1ccncc1C(=O)N1CCC(c2cncc(N3Cc4cc(Cl)ccc4C3=O)c2)CC1. The van der Waals surface area contributed by atoms with Crippen LogP contribution in [0.25, 0.3) is 0 Å². The van der Waals surface area contributed by atoms with Gasteiger partial charge in [-0.25, -0.2) is 0 Å². The molecule has 6 nitrogen and oxygen atoms in total. The molecular weight excluding hydrogens is 424 g/mol. The molecule has 7 heteroatoms. The number of amides is 2. The van der Waals surface area contributed by atoms with Crippen molar-refractivity contribution in [2.24, 2.45) is 0 Å². The molecule has 2 aromatic heterocycles. The molecule has 0 spiro atoms. The van der Waals surface area contributed by atoms with Crippen LogP contribution in [0.2, 0.25) is 5.02 Å². The van der Waals surface area contributed by atoms with E-state index in [0.29, 0.717) is 41.7 Å². The van der Waals surface area contributed by atoms with E-state index in [2.05, 4.69) is 16.0 Å². The molecule has 0 N–H and O–H groups in total. The number of nitrogens with zero attached hydrogens (tertiary/aromatic N) is 4. The van der Waals surface area contributed by atoms with Crippen molar-refractivity contribution in [3.8, 4) is 0 Å². The Morgan fingerprint density at radius 2 is 1.88 bits per heavy atom. The first kappa shape index (κ1) is 20.6. The van der Waals surface area contributed by atoms with E-state index in [1.165, 1.54) is 0 Å². The standard InChI is InChI=1S/C25H23ClN4O2/c1-16-4-7-27-14-23(16)24(31)29-8-5-17(6-9-29)18-11-21(13-28-12-18)30-15-19-10-20(26)2-3-22(19)25(30)32/h2-4,7,10-14,17H,5-6,8-9,15H2,1H3. The van der Waals surface area contributed by atoms with Gasteiger partial charge in [0.15, 0.2) is 0 Å². The fourth-order valence-electron chi connectivity index (χ4n) is 4.59. The normalized spacial score (nSPS) is 16.4. The average Bonchev–Trinajstić information content (AvgIpc) is 3.14. The number of hydrogen-bond acceptors (Lipinski definition) is 4. The Morgan fingerprint density at radius 1 is 1.06 bits per heavy atom. The van der Waals surface area contributed by atoms with Crippen molar-refractivity contribution in [2.75, 3.05) is 18.0 Å². The van der Waals surface area contributed by atoms with E-state index < -0.39 is 0 Å². The highest BCUT2D eigenvalue weighted by Gasteiger charge is 2.30. The summed E-state index contributed by atoms with van der Waals surface area (Å²) in [5.41, 5.74) is 5.14.